The van der Waals surface area contributed by atoms with Gasteiger partial charge in [0.25, 0.3) is 0 Å². The van der Waals surface area contributed by atoms with Gasteiger partial charge in [-0.3, -0.25) is 4.79 Å². The van der Waals surface area contributed by atoms with Crippen molar-refractivity contribution in [3.8, 4) is 0 Å². The second-order valence-electron chi connectivity index (χ2n) is 6.22. The van der Waals surface area contributed by atoms with Crippen LogP contribution in [0.5, 0.6) is 0 Å². The highest BCUT2D eigenvalue weighted by molar-refractivity contribution is 5.88. The molecular formula is C18H24N4O. The fourth-order valence-corrected chi connectivity index (χ4v) is 3.25. The molecule has 0 unspecified atom stereocenters. The molecule has 2 aromatic rings. The van der Waals surface area contributed by atoms with Crippen LogP contribution in [-0.4, -0.2) is 29.0 Å². The van der Waals surface area contributed by atoms with Gasteiger partial charge in [-0.25, -0.2) is 9.97 Å². The number of nitrogens with zero attached hydrogens (tertiary/aromatic N) is 2. The van der Waals surface area contributed by atoms with Crippen LogP contribution in [0.2, 0.25) is 0 Å². The van der Waals surface area contributed by atoms with Crippen LogP contribution in [0.3, 0.4) is 0 Å². The first kappa shape index (κ1) is 15.7. The maximum atomic E-state index is 12.0. The Morgan fingerprint density at radius 3 is 2.78 bits per heavy atom. The fraction of sp³-hybridized carbons (Fsp3) is 0.500. The van der Waals surface area contributed by atoms with E-state index in [1.165, 1.54) is 32.1 Å². The number of nitrogens with one attached hydrogen (secondary N) is 2. The van der Waals surface area contributed by atoms with Gasteiger partial charge >= 0.3 is 0 Å². The lowest BCUT2D eigenvalue weighted by Gasteiger charge is -2.20. The molecule has 0 saturated heterocycles. The Labute approximate surface area is 136 Å². The zero-order valence-electron chi connectivity index (χ0n) is 13.4. The number of hydrogen-bond donors (Lipinski definition) is 2. The van der Waals surface area contributed by atoms with Crippen molar-refractivity contribution in [1.29, 1.82) is 0 Å². The van der Waals surface area contributed by atoms with Gasteiger partial charge in [-0.05, 0) is 30.9 Å². The summed E-state index contributed by atoms with van der Waals surface area (Å²) in [6.07, 6.45) is 8.54. The molecule has 0 bridgehead atoms. The zero-order valence-corrected chi connectivity index (χ0v) is 13.4. The fourth-order valence-electron chi connectivity index (χ4n) is 3.25. The van der Waals surface area contributed by atoms with Gasteiger partial charge in [0.05, 0.1) is 5.52 Å². The highest BCUT2D eigenvalue weighted by Gasteiger charge is 2.16. The van der Waals surface area contributed by atoms with E-state index in [9.17, 15) is 4.79 Å². The smallest absolute Gasteiger partial charge is 0.220 e. The molecule has 0 radical (unpaired) electrons. The SMILES string of the molecule is O=C(CC1CCCCC1)NCCNc1ncnc2ccccc12. The van der Waals surface area contributed by atoms with Crippen molar-refractivity contribution in [2.75, 3.05) is 18.4 Å². The van der Waals surface area contributed by atoms with Crippen LogP contribution >= 0.6 is 0 Å². The summed E-state index contributed by atoms with van der Waals surface area (Å²) in [6, 6.07) is 7.90. The number of para-hydroxylation sites is 1. The van der Waals surface area contributed by atoms with Crippen LogP contribution in [0.4, 0.5) is 5.82 Å². The van der Waals surface area contributed by atoms with E-state index in [0.717, 1.165) is 16.7 Å². The molecule has 1 aliphatic rings. The van der Waals surface area contributed by atoms with Crippen LogP contribution in [-0.2, 0) is 4.79 Å². The molecule has 0 atom stereocenters. The lowest BCUT2D eigenvalue weighted by Crippen LogP contribution is -2.30. The maximum absolute atomic E-state index is 12.0. The van der Waals surface area contributed by atoms with Crippen molar-refractivity contribution >= 4 is 22.6 Å². The van der Waals surface area contributed by atoms with Gasteiger partial charge in [-0.1, -0.05) is 31.4 Å². The molecule has 1 heterocycles. The summed E-state index contributed by atoms with van der Waals surface area (Å²) in [5.74, 6) is 1.57. The Morgan fingerprint density at radius 2 is 1.91 bits per heavy atom. The molecule has 1 saturated carbocycles. The molecule has 1 amide bonds. The molecule has 0 aliphatic heterocycles. The lowest BCUT2D eigenvalue weighted by atomic mass is 9.87. The molecule has 23 heavy (non-hydrogen) atoms. The summed E-state index contributed by atoms with van der Waals surface area (Å²) in [4.78, 5) is 20.5. The number of amides is 1. The summed E-state index contributed by atoms with van der Waals surface area (Å²) in [6.45, 7) is 1.28. The number of aromatic nitrogens is 2. The van der Waals surface area contributed by atoms with Gasteiger partial charge in [-0.15, -0.1) is 0 Å². The van der Waals surface area contributed by atoms with Crippen LogP contribution in [0.1, 0.15) is 38.5 Å². The molecule has 1 aromatic heterocycles. The standard InChI is InChI=1S/C18H24N4O/c23-17(12-14-6-2-1-3-7-14)19-10-11-20-18-15-8-4-5-9-16(15)21-13-22-18/h4-5,8-9,13-14H,1-3,6-7,10-12H2,(H,19,23)(H,20,21,22). The normalized spacial score (nSPS) is 15.5. The van der Waals surface area contributed by atoms with E-state index in [4.69, 9.17) is 0 Å². The second kappa shape index (κ2) is 7.90. The third-order valence-corrected chi connectivity index (χ3v) is 4.48. The Kier molecular flexibility index (Phi) is 5.40. The Balaban J connectivity index is 1.43. The van der Waals surface area contributed by atoms with Crippen molar-refractivity contribution < 1.29 is 4.79 Å². The summed E-state index contributed by atoms with van der Waals surface area (Å²) in [7, 11) is 0. The minimum Gasteiger partial charge on any atom is -0.368 e. The summed E-state index contributed by atoms with van der Waals surface area (Å²) >= 11 is 0. The number of hydrogen-bond acceptors (Lipinski definition) is 4. The van der Waals surface area contributed by atoms with Crippen molar-refractivity contribution in [1.82, 2.24) is 15.3 Å². The highest BCUT2D eigenvalue weighted by atomic mass is 16.1. The predicted octanol–water partition coefficient (Wildman–Crippen LogP) is 3.13. The average molecular weight is 312 g/mol. The zero-order chi connectivity index (χ0) is 15.9. The highest BCUT2D eigenvalue weighted by Crippen LogP contribution is 2.26. The second-order valence-corrected chi connectivity index (χ2v) is 6.22. The van der Waals surface area contributed by atoms with Crippen LogP contribution in [0.25, 0.3) is 10.9 Å². The topological polar surface area (TPSA) is 66.9 Å². The maximum Gasteiger partial charge on any atom is 0.220 e. The Morgan fingerprint density at radius 1 is 1.09 bits per heavy atom. The third-order valence-electron chi connectivity index (χ3n) is 4.48. The van der Waals surface area contributed by atoms with E-state index in [1.54, 1.807) is 6.33 Å². The van der Waals surface area contributed by atoms with Gasteiger partial charge in [0.1, 0.15) is 12.1 Å². The molecule has 1 fully saturated rings. The van der Waals surface area contributed by atoms with E-state index >= 15 is 0 Å². The first-order valence-corrected chi connectivity index (χ1v) is 8.53. The number of fused-ring (bicyclic) bond motifs is 1. The molecule has 122 valence electrons. The van der Waals surface area contributed by atoms with Crippen LogP contribution in [0.15, 0.2) is 30.6 Å². The van der Waals surface area contributed by atoms with Crippen LogP contribution < -0.4 is 10.6 Å². The quantitative estimate of drug-likeness (QED) is 0.804. The Bertz CT molecular complexity index is 647. The van der Waals surface area contributed by atoms with E-state index in [1.807, 2.05) is 24.3 Å². The number of rotatable bonds is 6. The third kappa shape index (κ3) is 4.41. The predicted molar refractivity (Wildman–Crippen MR) is 92.2 cm³/mol. The van der Waals surface area contributed by atoms with E-state index in [2.05, 4.69) is 20.6 Å². The van der Waals surface area contributed by atoms with Gasteiger partial charge in [-0.2, -0.15) is 0 Å². The van der Waals surface area contributed by atoms with Gasteiger partial charge < -0.3 is 10.6 Å². The van der Waals surface area contributed by atoms with Gasteiger partial charge in [0.2, 0.25) is 5.91 Å². The van der Waals surface area contributed by atoms with E-state index < -0.39 is 0 Å². The molecule has 0 spiro atoms. The lowest BCUT2D eigenvalue weighted by molar-refractivity contribution is -0.122. The number of benzene rings is 1. The largest absolute Gasteiger partial charge is 0.368 e. The molecule has 1 aromatic carbocycles. The van der Waals surface area contributed by atoms with E-state index in [-0.39, 0.29) is 5.91 Å². The Hall–Kier alpha value is -2.17. The molecular weight excluding hydrogens is 288 g/mol. The molecule has 1 aliphatic carbocycles. The monoisotopic (exact) mass is 312 g/mol. The molecule has 5 nitrogen and oxygen atoms in total. The number of carbonyl (C=O) groups excluding carboxylic acids is 1. The van der Waals surface area contributed by atoms with Gasteiger partial charge in [0.15, 0.2) is 0 Å². The van der Waals surface area contributed by atoms with Crippen molar-refractivity contribution in [2.45, 2.75) is 38.5 Å². The minimum atomic E-state index is 0.172. The van der Waals surface area contributed by atoms with Gasteiger partial charge in [0, 0.05) is 24.9 Å². The van der Waals surface area contributed by atoms with Crippen molar-refractivity contribution in [3.05, 3.63) is 30.6 Å². The van der Waals surface area contributed by atoms with Crippen molar-refractivity contribution in [2.24, 2.45) is 5.92 Å². The van der Waals surface area contributed by atoms with E-state index in [0.29, 0.717) is 25.4 Å². The van der Waals surface area contributed by atoms with Crippen molar-refractivity contribution in [3.63, 3.8) is 0 Å². The summed E-state index contributed by atoms with van der Waals surface area (Å²) < 4.78 is 0. The van der Waals surface area contributed by atoms with Crippen LogP contribution in [0, 0.1) is 5.92 Å². The minimum absolute atomic E-state index is 0.172. The molecule has 3 rings (SSSR count). The number of carbonyl (C=O) groups is 1. The first-order chi connectivity index (χ1) is 11.3. The summed E-state index contributed by atoms with van der Waals surface area (Å²) in [5, 5.41) is 7.29. The first-order valence-electron chi connectivity index (χ1n) is 8.53. The average Bonchev–Trinajstić information content (AvgIpc) is 2.60. The summed E-state index contributed by atoms with van der Waals surface area (Å²) in [5.41, 5.74) is 0.923. The molecule has 5 heteroatoms. The number of anilines is 1. The molecule has 2 N–H and O–H groups in total.